The van der Waals surface area contributed by atoms with Crippen LogP contribution in [0.3, 0.4) is 0 Å². The first-order chi connectivity index (χ1) is 10.1. The van der Waals surface area contributed by atoms with E-state index < -0.39 is 0 Å². The van der Waals surface area contributed by atoms with Crippen molar-refractivity contribution in [2.45, 2.75) is 26.3 Å². The summed E-state index contributed by atoms with van der Waals surface area (Å²) in [6.07, 6.45) is 1.72. The predicted octanol–water partition coefficient (Wildman–Crippen LogP) is 3.98. The van der Waals surface area contributed by atoms with Crippen molar-refractivity contribution >= 4 is 23.2 Å². The fourth-order valence-corrected chi connectivity index (χ4v) is 2.23. The highest BCUT2D eigenvalue weighted by Crippen LogP contribution is 2.21. The van der Waals surface area contributed by atoms with Gasteiger partial charge in [-0.2, -0.15) is 0 Å². The van der Waals surface area contributed by atoms with Gasteiger partial charge in [0.25, 0.3) is 0 Å². The van der Waals surface area contributed by atoms with Crippen molar-refractivity contribution in [3.8, 4) is 0 Å². The van der Waals surface area contributed by atoms with Crippen molar-refractivity contribution in [1.82, 2.24) is 4.98 Å². The molecule has 4 heteroatoms. The first-order valence-corrected chi connectivity index (χ1v) is 7.51. The van der Waals surface area contributed by atoms with Crippen LogP contribution in [0.2, 0.25) is 0 Å². The smallest absolute Gasteiger partial charge is 0.242 e. The Balaban J connectivity index is 2.25. The van der Waals surface area contributed by atoms with Crippen LogP contribution in [0.15, 0.2) is 48.7 Å². The molecule has 0 aliphatic rings. The van der Waals surface area contributed by atoms with Crippen LogP contribution in [0.5, 0.6) is 0 Å². The molecule has 0 saturated heterocycles. The molecule has 3 nitrogen and oxygen atoms in total. The van der Waals surface area contributed by atoms with E-state index in [4.69, 9.17) is 11.6 Å². The van der Waals surface area contributed by atoms with Gasteiger partial charge in [0.15, 0.2) is 0 Å². The second-order valence-corrected chi connectivity index (χ2v) is 5.45. The number of hydrogen-bond acceptors (Lipinski definition) is 2. The minimum atomic E-state index is -0.125. The molecule has 0 unspecified atom stereocenters. The second-order valence-electron chi connectivity index (χ2n) is 5.18. The van der Waals surface area contributed by atoms with Gasteiger partial charge >= 0.3 is 0 Å². The fourth-order valence-electron chi connectivity index (χ4n) is 2.09. The van der Waals surface area contributed by atoms with Gasteiger partial charge in [-0.1, -0.05) is 32.0 Å². The number of anilines is 1. The van der Waals surface area contributed by atoms with Gasteiger partial charge in [0.1, 0.15) is 5.88 Å². The molecule has 0 fully saturated rings. The molecule has 1 amide bonds. The third-order valence-electron chi connectivity index (χ3n) is 3.33. The number of nitrogens with zero attached hydrogens (tertiary/aromatic N) is 2. The number of rotatable bonds is 5. The average Bonchev–Trinajstić information content (AvgIpc) is 2.53. The summed E-state index contributed by atoms with van der Waals surface area (Å²) in [6, 6.07) is 13.7. The number of carbonyl (C=O) groups is 1. The van der Waals surface area contributed by atoms with Gasteiger partial charge in [-0.15, -0.1) is 11.6 Å². The second kappa shape index (κ2) is 7.23. The van der Waals surface area contributed by atoms with Crippen LogP contribution < -0.4 is 4.90 Å². The van der Waals surface area contributed by atoms with E-state index in [9.17, 15) is 4.79 Å². The van der Waals surface area contributed by atoms with Crippen LogP contribution in [0.25, 0.3) is 0 Å². The summed E-state index contributed by atoms with van der Waals surface area (Å²) in [6.45, 7) is 4.71. The molecule has 0 aliphatic heterocycles. The topological polar surface area (TPSA) is 33.2 Å². The monoisotopic (exact) mass is 302 g/mol. The highest BCUT2D eigenvalue weighted by atomic mass is 35.5. The largest absolute Gasteiger partial charge is 0.305 e. The molecule has 110 valence electrons. The molecule has 0 atom stereocenters. The molecule has 1 heterocycles. The number of hydrogen-bond donors (Lipinski definition) is 0. The molecule has 2 aromatic rings. The predicted molar refractivity (Wildman–Crippen MR) is 86.7 cm³/mol. The van der Waals surface area contributed by atoms with E-state index >= 15 is 0 Å². The zero-order valence-electron chi connectivity index (χ0n) is 12.3. The molecule has 21 heavy (non-hydrogen) atoms. The van der Waals surface area contributed by atoms with E-state index in [-0.39, 0.29) is 11.8 Å². The zero-order valence-corrected chi connectivity index (χ0v) is 13.0. The van der Waals surface area contributed by atoms with E-state index in [0.717, 1.165) is 11.4 Å². The van der Waals surface area contributed by atoms with Crippen LogP contribution in [0.1, 0.15) is 31.0 Å². The van der Waals surface area contributed by atoms with Crippen molar-refractivity contribution < 1.29 is 4.79 Å². The Hall–Kier alpha value is -1.87. The maximum Gasteiger partial charge on any atom is 0.242 e. The van der Waals surface area contributed by atoms with Gasteiger partial charge in [-0.25, -0.2) is 0 Å². The van der Waals surface area contributed by atoms with E-state index in [2.05, 4.69) is 18.8 Å². The molecule has 1 aromatic carbocycles. The van der Waals surface area contributed by atoms with Crippen molar-refractivity contribution in [3.05, 3.63) is 59.9 Å². The van der Waals surface area contributed by atoms with E-state index in [1.807, 2.05) is 42.5 Å². The van der Waals surface area contributed by atoms with Crippen molar-refractivity contribution in [3.63, 3.8) is 0 Å². The summed E-state index contributed by atoms with van der Waals surface area (Å²) >= 11 is 5.73. The lowest BCUT2D eigenvalue weighted by atomic mass is 10.0. The number of carbonyl (C=O) groups excluding carboxylic acids is 1. The molecule has 0 saturated carbocycles. The van der Waals surface area contributed by atoms with Crippen molar-refractivity contribution in [2.75, 3.05) is 10.8 Å². The maximum absolute atomic E-state index is 12.1. The summed E-state index contributed by atoms with van der Waals surface area (Å²) in [5.74, 6) is 0.297. The Bertz CT molecular complexity index is 581. The first kappa shape index (κ1) is 15.5. The molecule has 0 spiro atoms. The quantitative estimate of drug-likeness (QED) is 0.783. The lowest BCUT2D eigenvalue weighted by Gasteiger charge is -2.22. The molecule has 0 aliphatic carbocycles. The van der Waals surface area contributed by atoms with Gasteiger partial charge in [0.05, 0.1) is 12.2 Å². The van der Waals surface area contributed by atoms with Crippen LogP contribution in [0, 0.1) is 0 Å². The molecule has 2 rings (SSSR count). The number of alkyl halides is 1. The Labute approximate surface area is 130 Å². The summed E-state index contributed by atoms with van der Waals surface area (Å²) in [5, 5.41) is 0. The van der Waals surface area contributed by atoms with E-state index in [0.29, 0.717) is 12.5 Å². The number of pyridine rings is 1. The van der Waals surface area contributed by atoms with Crippen molar-refractivity contribution in [1.29, 1.82) is 0 Å². The number of aromatic nitrogens is 1. The number of benzene rings is 1. The number of halogens is 1. The lowest BCUT2D eigenvalue weighted by molar-refractivity contribution is -0.116. The van der Waals surface area contributed by atoms with Gasteiger partial charge in [0, 0.05) is 11.9 Å². The Kier molecular flexibility index (Phi) is 5.34. The molecule has 0 N–H and O–H groups in total. The number of amides is 1. The molecular weight excluding hydrogens is 284 g/mol. The van der Waals surface area contributed by atoms with Gasteiger partial charge < -0.3 is 4.90 Å². The molecular formula is C17H19ClN2O. The summed E-state index contributed by atoms with van der Waals surface area (Å²) in [7, 11) is 0. The minimum absolute atomic E-state index is 0.0429. The molecule has 0 bridgehead atoms. The summed E-state index contributed by atoms with van der Waals surface area (Å²) < 4.78 is 0. The van der Waals surface area contributed by atoms with Gasteiger partial charge in [-0.05, 0) is 35.7 Å². The SMILES string of the molecule is CC(C)c1ccc(N(Cc2ccccn2)C(=O)CCl)cc1. The van der Waals surface area contributed by atoms with Gasteiger partial charge in [0.2, 0.25) is 5.91 Å². The first-order valence-electron chi connectivity index (χ1n) is 6.98. The van der Waals surface area contributed by atoms with Crippen LogP contribution in [-0.4, -0.2) is 16.8 Å². The normalized spacial score (nSPS) is 10.7. The lowest BCUT2D eigenvalue weighted by Crippen LogP contribution is -2.31. The fraction of sp³-hybridized carbons (Fsp3) is 0.294. The third-order valence-corrected chi connectivity index (χ3v) is 3.56. The van der Waals surface area contributed by atoms with E-state index in [1.165, 1.54) is 5.56 Å². The van der Waals surface area contributed by atoms with Crippen LogP contribution in [0.4, 0.5) is 5.69 Å². The minimum Gasteiger partial charge on any atom is -0.305 e. The molecule has 1 aromatic heterocycles. The van der Waals surface area contributed by atoms with Crippen LogP contribution >= 0.6 is 11.6 Å². The Morgan fingerprint density at radius 2 is 1.90 bits per heavy atom. The molecule has 0 radical (unpaired) electrons. The average molecular weight is 303 g/mol. The van der Waals surface area contributed by atoms with Crippen LogP contribution in [-0.2, 0) is 11.3 Å². The Morgan fingerprint density at radius 3 is 2.43 bits per heavy atom. The Morgan fingerprint density at radius 1 is 1.19 bits per heavy atom. The zero-order chi connectivity index (χ0) is 15.2. The van der Waals surface area contributed by atoms with E-state index in [1.54, 1.807) is 11.1 Å². The third kappa shape index (κ3) is 4.05. The highest BCUT2D eigenvalue weighted by molar-refractivity contribution is 6.29. The summed E-state index contributed by atoms with van der Waals surface area (Å²) in [5.41, 5.74) is 2.93. The van der Waals surface area contributed by atoms with Crippen molar-refractivity contribution in [2.24, 2.45) is 0 Å². The summed E-state index contributed by atoms with van der Waals surface area (Å²) in [4.78, 5) is 18.0. The highest BCUT2D eigenvalue weighted by Gasteiger charge is 2.16. The van der Waals surface area contributed by atoms with Gasteiger partial charge in [-0.3, -0.25) is 9.78 Å². The standard InChI is InChI=1S/C17H19ClN2O/c1-13(2)14-6-8-16(9-7-14)20(17(21)11-18)12-15-5-3-4-10-19-15/h3-10,13H,11-12H2,1-2H3. The maximum atomic E-state index is 12.1.